The van der Waals surface area contributed by atoms with E-state index in [2.05, 4.69) is 103 Å². The van der Waals surface area contributed by atoms with Gasteiger partial charge in [-0.3, -0.25) is 4.79 Å². The topological polar surface area (TPSA) is 43.3 Å². The molecule has 1 aromatic heterocycles. The van der Waals surface area contributed by atoms with Crippen LogP contribution in [0.5, 0.6) is 0 Å². The van der Waals surface area contributed by atoms with Crippen molar-refractivity contribution in [3.05, 3.63) is 107 Å². The van der Waals surface area contributed by atoms with Gasteiger partial charge in [0.05, 0.1) is 6.61 Å². The molecule has 170 valence electrons. The summed E-state index contributed by atoms with van der Waals surface area (Å²) in [6.45, 7) is 6.03. The van der Waals surface area contributed by atoms with Crippen molar-refractivity contribution in [2.75, 3.05) is 20.3 Å². The molecular weight excluding hydrogens is 408 g/mol. The molecule has 0 aliphatic rings. The summed E-state index contributed by atoms with van der Waals surface area (Å²) in [4.78, 5) is 12.9. The first-order valence-electron chi connectivity index (χ1n) is 11.5. The number of nitrogens with zero attached hydrogens (tertiary/aromatic N) is 1. The number of hydrogen-bond donors (Lipinski definition) is 1. The monoisotopic (exact) mass is 440 g/mol. The van der Waals surface area contributed by atoms with Crippen LogP contribution in [0.1, 0.15) is 40.2 Å². The minimum absolute atomic E-state index is 0.0309. The highest BCUT2D eigenvalue weighted by Crippen LogP contribution is 2.35. The van der Waals surface area contributed by atoms with Crippen molar-refractivity contribution >= 4 is 16.8 Å². The maximum Gasteiger partial charge on any atom is 0.221 e. The van der Waals surface area contributed by atoms with Crippen LogP contribution in [0.2, 0.25) is 0 Å². The molecule has 0 spiro atoms. The summed E-state index contributed by atoms with van der Waals surface area (Å²) in [6.07, 6.45) is 2.63. The van der Waals surface area contributed by atoms with Gasteiger partial charge in [-0.2, -0.15) is 0 Å². The fraction of sp³-hybridized carbons (Fsp3) is 0.276. The first kappa shape index (κ1) is 22.8. The molecule has 0 saturated carbocycles. The summed E-state index contributed by atoms with van der Waals surface area (Å²) in [6, 6.07) is 25.7. The number of fused-ring (bicyclic) bond motifs is 1. The third-order valence-electron chi connectivity index (χ3n) is 6.13. The Morgan fingerprint density at radius 1 is 0.970 bits per heavy atom. The molecule has 4 nitrogen and oxygen atoms in total. The van der Waals surface area contributed by atoms with Crippen LogP contribution >= 0.6 is 0 Å². The molecule has 4 aromatic rings. The molecule has 0 radical (unpaired) electrons. The van der Waals surface area contributed by atoms with Crippen LogP contribution in [0.15, 0.2) is 79.0 Å². The van der Waals surface area contributed by atoms with Gasteiger partial charge in [0.15, 0.2) is 0 Å². The van der Waals surface area contributed by atoms with Gasteiger partial charge in [0, 0.05) is 49.6 Å². The van der Waals surface area contributed by atoms with Gasteiger partial charge < -0.3 is 14.6 Å². The molecule has 0 aliphatic carbocycles. The summed E-state index contributed by atoms with van der Waals surface area (Å²) < 4.78 is 7.40. The molecule has 0 saturated heterocycles. The predicted octanol–water partition coefficient (Wildman–Crippen LogP) is 5.59. The quantitative estimate of drug-likeness (QED) is 0.345. The second kappa shape index (κ2) is 10.5. The predicted molar refractivity (Wildman–Crippen MR) is 135 cm³/mol. The fourth-order valence-corrected chi connectivity index (χ4v) is 4.42. The van der Waals surface area contributed by atoms with E-state index in [4.69, 9.17) is 4.74 Å². The molecule has 1 heterocycles. The molecule has 4 heteroatoms. The van der Waals surface area contributed by atoms with E-state index in [1.54, 1.807) is 7.11 Å². The lowest BCUT2D eigenvalue weighted by molar-refractivity contribution is -0.121. The number of carbonyl (C=O) groups excluding carboxylic acids is 1. The Hall–Kier alpha value is -3.37. The molecule has 1 N–H and O–H groups in total. The standard InChI is InChI=1S/C29H32N2O2/c1-21-11-13-23(14-12-21)19-31-20-27(25-9-4-5-10-28(25)31)26(18-29(32)30-15-16-33-3)24-8-6-7-22(2)17-24/h4-14,17,20,26H,15-16,18-19H2,1-3H3,(H,30,32). The van der Waals surface area contributed by atoms with Crippen molar-refractivity contribution < 1.29 is 9.53 Å². The first-order valence-corrected chi connectivity index (χ1v) is 11.5. The van der Waals surface area contributed by atoms with Gasteiger partial charge in [0.2, 0.25) is 5.91 Å². The van der Waals surface area contributed by atoms with E-state index in [9.17, 15) is 4.79 Å². The van der Waals surface area contributed by atoms with Gasteiger partial charge >= 0.3 is 0 Å². The Morgan fingerprint density at radius 2 is 1.76 bits per heavy atom. The van der Waals surface area contributed by atoms with Crippen molar-refractivity contribution in [2.45, 2.75) is 32.7 Å². The highest BCUT2D eigenvalue weighted by atomic mass is 16.5. The highest BCUT2D eigenvalue weighted by Gasteiger charge is 2.23. The highest BCUT2D eigenvalue weighted by molar-refractivity contribution is 5.86. The Kier molecular flexibility index (Phi) is 7.26. The zero-order valence-corrected chi connectivity index (χ0v) is 19.7. The Balaban J connectivity index is 1.74. The number of aromatic nitrogens is 1. The summed E-state index contributed by atoms with van der Waals surface area (Å²) in [5.74, 6) is 0.00512. The van der Waals surface area contributed by atoms with Gasteiger partial charge in [-0.1, -0.05) is 77.9 Å². The minimum atomic E-state index is -0.0309. The molecule has 1 amide bonds. The van der Waals surface area contributed by atoms with E-state index in [0.29, 0.717) is 19.6 Å². The van der Waals surface area contributed by atoms with Crippen LogP contribution in [0.3, 0.4) is 0 Å². The zero-order chi connectivity index (χ0) is 23.2. The summed E-state index contributed by atoms with van der Waals surface area (Å²) in [5.41, 5.74) is 7.25. The van der Waals surface area contributed by atoms with Crippen LogP contribution in [-0.2, 0) is 16.1 Å². The number of aryl methyl sites for hydroxylation is 2. The van der Waals surface area contributed by atoms with E-state index in [0.717, 1.165) is 12.1 Å². The van der Waals surface area contributed by atoms with Gasteiger partial charge in [-0.05, 0) is 36.6 Å². The molecule has 33 heavy (non-hydrogen) atoms. The van der Waals surface area contributed by atoms with E-state index in [1.165, 1.54) is 33.2 Å². The number of ether oxygens (including phenoxy) is 1. The SMILES string of the molecule is COCCNC(=O)CC(c1cccc(C)c1)c1cn(Cc2ccc(C)cc2)c2ccccc12. The van der Waals surface area contributed by atoms with Crippen molar-refractivity contribution in [2.24, 2.45) is 0 Å². The van der Waals surface area contributed by atoms with Crippen LogP contribution in [0.4, 0.5) is 0 Å². The number of nitrogens with one attached hydrogen (secondary N) is 1. The van der Waals surface area contributed by atoms with Crippen LogP contribution in [0.25, 0.3) is 10.9 Å². The molecule has 0 bridgehead atoms. The number of carbonyl (C=O) groups is 1. The zero-order valence-electron chi connectivity index (χ0n) is 19.7. The van der Waals surface area contributed by atoms with Crippen molar-refractivity contribution in [3.63, 3.8) is 0 Å². The van der Waals surface area contributed by atoms with Crippen LogP contribution in [-0.4, -0.2) is 30.7 Å². The first-order chi connectivity index (χ1) is 16.0. The Morgan fingerprint density at radius 3 is 2.52 bits per heavy atom. The normalized spacial score (nSPS) is 12.1. The smallest absolute Gasteiger partial charge is 0.221 e. The lowest BCUT2D eigenvalue weighted by Gasteiger charge is -2.18. The van der Waals surface area contributed by atoms with Crippen LogP contribution < -0.4 is 5.32 Å². The number of para-hydroxylation sites is 1. The molecule has 1 atom stereocenters. The van der Waals surface area contributed by atoms with Gasteiger partial charge in [0.1, 0.15) is 0 Å². The van der Waals surface area contributed by atoms with Crippen molar-refractivity contribution in [3.8, 4) is 0 Å². The number of benzene rings is 3. The molecule has 3 aromatic carbocycles. The van der Waals surface area contributed by atoms with E-state index in [1.807, 2.05) is 0 Å². The van der Waals surface area contributed by atoms with Gasteiger partial charge in [0.25, 0.3) is 0 Å². The third-order valence-corrected chi connectivity index (χ3v) is 6.13. The molecule has 1 unspecified atom stereocenters. The average Bonchev–Trinajstić information content (AvgIpc) is 3.17. The van der Waals surface area contributed by atoms with Crippen molar-refractivity contribution in [1.29, 1.82) is 0 Å². The maximum absolute atomic E-state index is 12.9. The Labute approximate surface area is 196 Å². The second-order valence-electron chi connectivity index (χ2n) is 8.73. The van der Waals surface area contributed by atoms with Gasteiger partial charge in [-0.25, -0.2) is 0 Å². The average molecular weight is 441 g/mol. The van der Waals surface area contributed by atoms with E-state index >= 15 is 0 Å². The number of methoxy groups -OCH3 is 1. The molecular formula is C29H32N2O2. The fourth-order valence-electron chi connectivity index (χ4n) is 4.42. The summed E-state index contributed by atoms with van der Waals surface area (Å²) >= 11 is 0. The lowest BCUT2D eigenvalue weighted by atomic mass is 9.87. The van der Waals surface area contributed by atoms with E-state index < -0.39 is 0 Å². The third kappa shape index (κ3) is 5.52. The number of hydrogen-bond acceptors (Lipinski definition) is 2. The largest absolute Gasteiger partial charge is 0.383 e. The number of rotatable bonds is 9. The molecule has 0 fully saturated rings. The summed E-state index contributed by atoms with van der Waals surface area (Å²) in [7, 11) is 1.64. The Bertz CT molecular complexity index is 1220. The summed E-state index contributed by atoms with van der Waals surface area (Å²) in [5, 5.41) is 4.19. The van der Waals surface area contributed by atoms with Crippen molar-refractivity contribution in [1.82, 2.24) is 9.88 Å². The van der Waals surface area contributed by atoms with Gasteiger partial charge in [-0.15, -0.1) is 0 Å². The van der Waals surface area contributed by atoms with Crippen LogP contribution in [0, 0.1) is 13.8 Å². The maximum atomic E-state index is 12.9. The van der Waals surface area contributed by atoms with E-state index in [-0.39, 0.29) is 11.8 Å². The lowest BCUT2D eigenvalue weighted by Crippen LogP contribution is -2.28. The second-order valence-corrected chi connectivity index (χ2v) is 8.73. The number of amides is 1. The molecule has 0 aliphatic heterocycles. The minimum Gasteiger partial charge on any atom is -0.383 e. The molecule has 4 rings (SSSR count).